The molecule has 0 saturated carbocycles. The fourth-order valence-corrected chi connectivity index (χ4v) is 3.59. The maximum absolute atomic E-state index is 13.0. The van der Waals surface area contributed by atoms with E-state index < -0.39 is 0 Å². The van der Waals surface area contributed by atoms with E-state index in [-0.39, 0.29) is 5.91 Å². The van der Waals surface area contributed by atoms with Gasteiger partial charge in [0.05, 0.1) is 6.54 Å². The Kier molecular flexibility index (Phi) is 5.12. The van der Waals surface area contributed by atoms with Crippen molar-refractivity contribution in [3.8, 4) is 0 Å². The molecule has 0 spiro atoms. The molecule has 27 heavy (non-hydrogen) atoms. The summed E-state index contributed by atoms with van der Waals surface area (Å²) in [7, 11) is 2.15. The summed E-state index contributed by atoms with van der Waals surface area (Å²) in [6.45, 7) is 5.14. The number of anilines is 2. The van der Waals surface area contributed by atoms with Crippen molar-refractivity contribution in [1.82, 2.24) is 4.90 Å². The van der Waals surface area contributed by atoms with Gasteiger partial charge in [-0.25, -0.2) is 0 Å². The molecule has 2 aromatic carbocycles. The second-order valence-corrected chi connectivity index (χ2v) is 7.00. The highest BCUT2D eigenvalue weighted by atomic mass is 16.5. The lowest BCUT2D eigenvalue weighted by Gasteiger charge is -2.35. The largest absolute Gasteiger partial charge is 0.486 e. The molecule has 0 N–H and O–H groups in total. The Morgan fingerprint density at radius 1 is 0.889 bits per heavy atom. The highest BCUT2D eigenvalue weighted by molar-refractivity contribution is 6.07. The molecule has 0 radical (unpaired) electrons. The smallest absolute Gasteiger partial charge is 0.293 e. The van der Waals surface area contributed by atoms with Crippen LogP contribution in [0.5, 0.6) is 0 Å². The molecule has 0 bridgehead atoms. The van der Waals surface area contributed by atoms with E-state index in [0.717, 1.165) is 43.1 Å². The third-order valence-corrected chi connectivity index (χ3v) is 5.16. The molecule has 2 aliphatic rings. The van der Waals surface area contributed by atoms with E-state index in [1.54, 1.807) is 4.90 Å². The van der Waals surface area contributed by atoms with Crippen LogP contribution in [0, 0.1) is 0 Å². The van der Waals surface area contributed by atoms with E-state index in [1.165, 1.54) is 0 Å². The molecular weight excluding hydrogens is 338 g/mol. The van der Waals surface area contributed by atoms with Crippen molar-refractivity contribution in [1.29, 1.82) is 0 Å². The number of nitrogens with zero attached hydrogens (tertiary/aromatic N) is 3. The van der Waals surface area contributed by atoms with Gasteiger partial charge in [-0.05, 0) is 31.3 Å². The average molecular weight is 363 g/mol. The quantitative estimate of drug-likeness (QED) is 0.786. The van der Waals surface area contributed by atoms with Gasteiger partial charge in [-0.1, -0.05) is 36.4 Å². The monoisotopic (exact) mass is 363 g/mol. The first kappa shape index (κ1) is 17.6. The van der Waals surface area contributed by atoms with Gasteiger partial charge in [0.1, 0.15) is 6.61 Å². The van der Waals surface area contributed by atoms with Gasteiger partial charge in [0.2, 0.25) is 0 Å². The Labute approximate surface area is 160 Å². The van der Waals surface area contributed by atoms with E-state index in [4.69, 9.17) is 4.74 Å². The minimum atomic E-state index is -0.0827. The van der Waals surface area contributed by atoms with Gasteiger partial charge in [0, 0.05) is 43.1 Å². The Balaban J connectivity index is 1.61. The molecule has 5 nitrogen and oxygen atoms in total. The molecule has 1 amide bonds. The number of ether oxygens (including phenoxy) is 1. The van der Waals surface area contributed by atoms with Crippen LogP contribution in [0.25, 0.3) is 6.08 Å². The molecule has 0 atom stereocenters. The number of rotatable bonds is 3. The number of amides is 1. The molecule has 0 aromatic heterocycles. The third kappa shape index (κ3) is 3.83. The second-order valence-electron chi connectivity index (χ2n) is 7.00. The summed E-state index contributed by atoms with van der Waals surface area (Å²) in [5, 5.41) is 0. The van der Waals surface area contributed by atoms with Crippen LogP contribution in [0.2, 0.25) is 0 Å². The summed E-state index contributed by atoms with van der Waals surface area (Å²) in [6.07, 6.45) is 1.89. The molecule has 2 heterocycles. The predicted octanol–water partition coefficient (Wildman–Crippen LogP) is 2.84. The van der Waals surface area contributed by atoms with Crippen molar-refractivity contribution in [3.05, 3.63) is 65.9 Å². The number of carbonyl (C=O) groups is 1. The summed E-state index contributed by atoms with van der Waals surface area (Å²) < 4.78 is 5.75. The molecule has 5 heteroatoms. The summed E-state index contributed by atoms with van der Waals surface area (Å²) >= 11 is 0. The van der Waals surface area contributed by atoms with Crippen molar-refractivity contribution in [2.75, 3.05) is 56.2 Å². The highest BCUT2D eigenvalue weighted by Gasteiger charge is 2.26. The van der Waals surface area contributed by atoms with Crippen LogP contribution in [0.1, 0.15) is 5.56 Å². The number of hydrogen-bond acceptors (Lipinski definition) is 4. The lowest BCUT2D eigenvalue weighted by Crippen LogP contribution is -2.44. The molecule has 4 rings (SSSR count). The van der Waals surface area contributed by atoms with Crippen LogP contribution in [0.15, 0.2) is 60.4 Å². The number of hydrogen-bond donors (Lipinski definition) is 0. The maximum atomic E-state index is 13.0. The van der Waals surface area contributed by atoms with E-state index in [2.05, 4.69) is 35.0 Å². The van der Waals surface area contributed by atoms with Crippen molar-refractivity contribution in [2.24, 2.45) is 0 Å². The summed E-state index contributed by atoms with van der Waals surface area (Å²) in [6, 6.07) is 18.0. The molecule has 2 aliphatic heterocycles. The van der Waals surface area contributed by atoms with Crippen LogP contribution in [0.3, 0.4) is 0 Å². The topological polar surface area (TPSA) is 36.0 Å². The average Bonchev–Trinajstić information content (AvgIpc) is 2.71. The Morgan fingerprint density at radius 3 is 2.37 bits per heavy atom. The minimum absolute atomic E-state index is 0.0827. The fraction of sp³-hybridized carbons (Fsp3) is 0.318. The zero-order valence-corrected chi connectivity index (χ0v) is 15.7. The predicted molar refractivity (Wildman–Crippen MR) is 109 cm³/mol. The fourth-order valence-electron chi connectivity index (χ4n) is 3.59. The molecule has 2 aromatic rings. The highest BCUT2D eigenvalue weighted by Crippen LogP contribution is 2.27. The Bertz CT molecular complexity index is 826. The van der Waals surface area contributed by atoms with Crippen LogP contribution in [-0.4, -0.2) is 57.2 Å². The normalized spacial score (nSPS) is 20.0. The van der Waals surface area contributed by atoms with E-state index in [1.807, 2.05) is 42.5 Å². The lowest BCUT2D eigenvalue weighted by atomic mass is 10.1. The van der Waals surface area contributed by atoms with Gasteiger partial charge in [-0.3, -0.25) is 4.79 Å². The van der Waals surface area contributed by atoms with Crippen LogP contribution >= 0.6 is 0 Å². The minimum Gasteiger partial charge on any atom is -0.486 e. The summed E-state index contributed by atoms with van der Waals surface area (Å²) in [5.41, 5.74) is 3.09. The number of carbonyl (C=O) groups excluding carboxylic acids is 1. The SMILES string of the molecule is CN1CCN(c2ccccc2/C=C2\OCCN(c3ccccc3)C2=O)CC1. The van der Waals surface area contributed by atoms with E-state index in [0.29, 0.717) is 18.9 Å². The molecule has 2 fully saturated rings. The number of morpholine rings is 1. The number of piperazine rings is 1. The van der Waals surface area contributed by atoms with Gasteiger partial charge in [-0.2, -0.15) is 0 Å². The number of benzene rings is 2. The Hall–Kier alpha value is -2.79. The molecule has 0 aliphatic carbocycles. The van der Waals surface area contributed by atoms with Gasteiger partial charge in [0.15, 0.2) is 5.76 Å². The summed E-state index contributed by atoms with van der Waals surface area (Å²) in [4.78, 5) is 19.5. The maximum Gasteiger partial charge on any atom is 0.293 e. The number of para-hydroxylation sites is 2. The van der Waals surface area contributed by atoms with Gasteiger partial charge >= 0.3 is 0 Å². The first-order valence-corrected chi connectivity index (χ1v) is 9.46. The molecule has 0 unspecified atom stereocenters. The van der Waals surface area contributed by atoms with Crippen molar-refractivity contribution in [3.63, 3.8) is 0 Å². The second kappa shape index (κ2) is 7.84. The van der Waals surface area contributed by atoms with Gasteiger partial charge in [-0.15, -0.1) is 0 Å². The Morgan fingerprint density at radius 2 is 1.59 bits per heavy atom. The van der Waals surface area contributed by atoms with Crippen molar-refractivity contribution < 1.29 is 9.53 Å². The molecule has 140 valence electrons. The van der Waals surface area contributed by atoms with E-state index >= 15 is 0 Å². The van der Waals surface area contributed by atoms with Gasteiger partial charge < -0.3 is 19.4 Å². The standard InChI is InChI=1S/C22H25N3O2/c1-23-11-13-24(14-12-23)20-10-6-5-7-18(20)17-21-22(26)25(15-16-27-21)19-8-3-2-4-9-19/h2-10,17H,11-16H2,1H3/b21-17-. The first-order valence-electron chi connectivity index (χ1n) is 9.46. The first-order chi connectivity index (χ1) is 13.2. The van der Waals surface area contributed by atoms with Crippen LogP contribution in [0.4, 0.5) is 11.4 Å². The van der Waals surface area contributed by atoms with Crippen LogP contribution in [-0.2, 0) is 9.53 Å². The molecule has 2 saturated heterocycles. The number of likely N-dealkylation sites (N-methyl/N-ethyl adjacent to an activating group) is 1. The third-order valence-electron chi connectivity index (χ3n) is 5.16. The van der Waals surface area contributed by atoms with Crippen LogP contribution < -0.4 is 9.80 Å². The lowest BCUT2D eigenvalue weighted by molar-refractivity contribution is -0.120. The molecular formula is C22H25N3O2. The van der Waals surface area contributed by atoms with Crippen molar-refractivity contribution >= 4 is 23.4 Å². The zero-order valence-electron chi connectivity index (χ0n) is 15.7. The van der Waals surface area contributed by atoms with Gasteiger partial charge in [0.25, 0.3) is 5.91 Å². The summed E-state index contributed by atoms with van der Waals surface area (Å²) in [5.74, 6) is 0.326. The zero-order chi connectivity index (χ0) is 18.6. The van der Waals surface area contributed by atoms with Crippen molar-refractivity contribution in [2.45, 2.75) is 0 Å². The van der Waals surface area contributed by atoms with E-state index in [9.17, 15) is 4.79 Å².